The van der Waals surface area contributed by atoms with Gasteiger partial charge in [-0.2, -0.15) is 5.10 Å². The third-order valence-corrected chi connectivity index (χ3v) is 5.31. The number of halogens is 1. The fourth-order valence-electron chi connectivity index (χ4n) is 3.54. The van der Waals surface area contributed by atoms with Crippen molar-refractivity contribution in [2.75, 3.05) is 27.2 Å². The molecule has 33 heavy (non-hydrogen) atoms. The molecule has 4 aromatic rings. The molecular weight excluding hydrogens is 419 g/mol. The lowest BCUT2D eigenvalue weighted by Crippen LogP contribution is -2.37. The Bertz CT molecular complexity index is 1210. The molecule has 2 aromatic carbocycles. The highest BCUT2D eigenvalue weighted by Gasteiger charge is 2.24. The molecule has 0 aliphatic heterocycles. The average molecular weight is 447 g/mol. The minimum Gasteiger partial charge on any atom is -0.460 e. The Morgan fingerprint density at radius 1 is 1.00 bits per heavy atom. The van der Waals surface area contributed by atoms with Crippen molar-refractivity contribution in [2.24, 2.45) is 0 Å². The molecule has 170 valence electrons. The van der Waals surface area contributed by atoms with Crippen LogP contribution in [-0.4, -0.2) is 52.7 Å². The third-order valence-electron chi connectivity index (χ3n) is 5.31. The maximum atomic E-state index is 13.8. The van der Waals surface area contributed by atoms with E-state index >= 15 is 0 Å². The number of furan rings is 1. The summed E-state index contributed by atoms with van der Waals surface area (Å²) in [6.07, 6.45) is 0. The van der Waals surface area contributed by atoms with Crippen LogP contribution in [0.25, 0.3) is 17.1 Å². The van der Waals surface area contributed by atoms with Crippen molar-refractivity contribution < 1.29 is 13.6 Å². The first-order chi connectivity index (χ1) is 15.9. The second-order valence-corrected chi connectivity index (χ2v) is 8.23. The van der Waals surface area contributed by atoms with Crippen LogP contribution in [0.3, 0.4) is 0 Å². The fraction of sp³-hybridized carbons (Fsp3) is 0.231. The predicted octanol–water partition coefficient (Wildman–Crippen LogP) is 4.78. The van der Waals surface area contributed by atoms with Gasteiger partial charge in [0, 0.05) is 25.7 Å². The molecule has 0 atom stereocenters. The molecule has 2 aromatic heterocycles. The van der Waals surface area contributed by atoms with Gasteiger partial charge < -0.3 is 14.2 Å². The van der Waals surface area contributed by atoms with E-state index in [2.05, 4.69) is 5.10 Å². The first-order valence-corrected chi connectivity index (χ1v) is 10.8. The van der Waals surface area contributed by atoms with Crippen molar-refractivity contribution in [1.82, 2.24) is 19.6 Å². The van der Waals surface area contributed by atoms with Crippen molar-refractivity contribution in [1.29, 1.82) is 0 Å². The molecule has 0 N–H and O–H groups in total. The summed E-state index contributed by atoms with van der Waals surface area (Å²) >= 11 is 0. The minimum absolute atomic E-state index is 0.160. The van der Waals surface area contributed by atoms with E-state index in [1.165, 1.54) is 12.1 Å². The summed E-state index contributed by atoms with van der Waals surface area (Å²) in [7, 11) is 3.95. The van der Waals surface area contributed by atoms with Crippen LogP contribution >= 0.6 is 0 Å². The number of hydrogen-bond acceptors (Lipinski definition) is 4. The molecule has 6 nitrogen and oxygen atoms in total. The molecule has 0 fully saturated rings. The molecule has 0 bridgehead atoms. The van der Waals surface area contributed by atoms with E-state index in [1.807, 2.05) is 73.3 Å². The largest absolute Gasteiger partial charge is 0.460 e. The maximum absolute atomic E-state index is 13.8. The Balaban J connectivity index is 1.75. The minimum atomic E-state index is -0.350. The smallest absolute Gasteiger partial charge is 0.272 e. The van der Waals surface area contributed by atoms with Gasteiger partial charge in [0.25, 0.3) is 5.91 Å². The lowest BCUT2D eigenvalue weighted by molar-refractivity contribution is 0.0722. The summed E-state index contributed by atoms with van der Waals surface area (Å²) in [5.41, 5.74) is 2.57. The molecule has 0 saturated heterocycles. The maximum Gasteiger partial charge on any atom is 0.272 e. The molecular formula is C26H27FN4O2. The molecule has 0 aliphatic rings. The standard InChI is InChI=1S/C26H27FN4O2/c1-19-9-14-25(33-19)23-17-24(31(28-23)22-12-10-21(27)11-13-22)26(32)30(16-15-29(2)3)18-20-7-5-4-6-8-20/h4-14,17H,15-16,18H2,1-3H3. The lowest BCUT2D eigenvalue weighted by atomic mass is 10.2. The van der Waals surface area contributed by atoms with Gasteiger partial charge in [-0.3, -0.25) is 4.79 Å². The van der Waals surface area contributed by atoms with Gasteiger partial charge in [0.1, 0.15) is 23.0 Å². The Morgan fingerprint density at radius 3 is 2.36 bits per heavy atom. The van der Waals surface area contributed by atoms with Crippen molar-refractivity contribution in [3.8, 4) is 17.1 Å². The van der Waals surface area contributed by atoms with Gasteiger partial charge >= 0.3 is 0 Å². The number of benzene rings is 2. The lowest BCUT2D eigenvalue weighted by Gasteiger charge is -2.25. The molecule has 1 amide bonds. The first-order valence-electron chi connectivity index (χ1n) is 10.8. The second-order valence-electron chi connectivity index (χ2n) is 8.23. The Kier molecular flexibility index (Phi) is 6.70. The van der Waals surface area contributed by atoms with Crippen molar-refractivity contribution in [3.63, 3.8) is 0 Å². The molecule has 0 spiro atoms. The van der Waals surface area contributed by atoms with E-state index in [0.717, 1.165) is 11.3 Å². The number of hydrogen-bond donors (Lipinski definition) is 0. The van der Waals surface area contributed by atoms with Crippen LogP contribution in [0, 0.1) is 12.7 Å². The number of carbonyl (C=O) groups is 1. The highest BCUT2D eigenvalue weighted by atomic mass is 19.1. The SMILES string of the molecule is Cc1ccc(-c2cc(C(=O)N(CCN(C)C)Cc3ccccc3)n(-c3ccc(F)cc3)n2)o1. The number of amides is 1. The molecule has 0 saturated carbocycles. The van der Waals surface area contributed by atoms with Crippen LogP contribution in [0.1, 0.15) is 21.8 Å². The van der Waals surface area contributed by atoms with E-state index in [4.69, 9.17) is 4.42 Å². The second kappa shape index (κ2) is 9.83. The van der Waals surface area contributed by atoms with Gasteiger partial charge in [-0.1, -0.05) is 30.3 Å². The van der Waals surface area contributed by atoms with Gasteiger partial charge in [-0.25, -0.2) is 9.07 Å². The summed E-state index contributed by atoms with van der Waals surface area (Å²) < 4.78 is 20.9. The van der Waals surface area contributed by atoms with Crippen LogP contribution in [0.4, 0.5) is 4.39 Å². The van der Waals surface area contributed by atoms with Gasteiger partial charge in [0.15, 0.2) is 5.76 Å². The number of carbonyl (C=O) groups excluding carboxylic acids is 1. The van der Waals surface area contributed by atoms with Crippen LogP contribution in [0.15, 0.2) is 77.2 Å². The summed E-state index contributed by atoms with van der Waals surface area (Å²) in [4.78, 5) is 17.7. The van der Waals surface area contributed by atoms with Gasteiger partial charge in [-0.05, 0) is 63.0 Å². The van der Waals surface area contributed by atoms with Crippen LogP contribution in [0.5, 0.6) is 0 Å². The van der Waals surface area contributed by atoms with Crippen LogP contribution in [0.2, 0.25) is 0 Å². The molecule has 7 heteroatoms. The molecule has 0 aliphatic carbocycles. The monoisotopic (exact) mass is 446 g/mol. The molecule has 0 radical (unpaired) electrons. The topological polar surface area (TPSA) is 54.5 Å². The van der Waals surface area contributed by atoms with E-state index in [1.54, 1.807) is 22.9 Å². The van der Waals surface area contributed by atoms with Gasteiger partial charge in [-0.15, -0.1) is 0 Å². The molecule has 4 rings (SSSR count). The fourth-order valence-corrected chi connectivity index (χ4v) is 3.54. The van der Waals surface area contributed by atoms with E-state index < -0.39 is 0 Å². The number of nitrogens with zero attached hydrogens (tertiary/aromatic N) is 4. The van der Waals surface area contributed by atoms with Crippen molar-refractivity contribution in [3.05, 3.63) is 95.6 Å². The Labute approximate surface area is 192 Å². The van der Waals surface area contributed by atoms with Crippen molar-refractivity contribution in [2.45, 2.75) is 13.5 Å². The number of aromatic nitrogens is 2. The van der Waals surface area contributed by atoms with Crippen LogP contribution in [-0.2, 0) is 6.54 Å². The van der Waals surface area contributed by atoms with Crippen LogP contribution < -0.4 is 0 Å². The van der Waals surface area contributed by atoms with E-state index in [0.29, 0.717) is 42.5 Å². The van der Waals surface area contributed by atoms with Gasteiger partial charge in [0.05, 0.1) is 5.69 Å². The predicted molar refractivity (Wildman–Crippen MR) is 126 cm³/mol. The van der Waals surface area contributed by atoms with E-state index in [9.17, 15) is 9.18 Å². The number of likely N-dealkylation sites (N-methyl/N-ethyl adjacent to an activating group) is 1. The first kappa shape index (κ1) is 22.5. The normalized spacial score (nSPS) is 11.2. The molecule has 2 heterocycles. The highest BCUT2D eigenvalue weighted by molar-refractivity contribution is 5.94. The highest BCUT2D eigenvalue weighted by Crippen LogP contribution is 2.25. The number of aryl methyl sites for hydroxylation is 1. The quantitative estimate of drug-likeness (QED) is 0.391. The Hall–Kier alpha value is -3.71. The summed E-state index contributed by atoms with van der Waals surface area (Å²) in [6, 6.07) is 21.2. The zero-order chi connectivity index (χ0) is 23.4. The zero-order valence-corrected chi connectivity index (χ0v) is 19.0. The van der Waals surface area contributed by atoms with Gasteiger partial charge in [0.2, 0.25) is 0 Å². The summed E-state index contributed by atoms with van der Waals surface area (Å²) in [5, 5.41) is 4.64. The average Bonchev–Trinajstić information content (AvgIpc) is 3.44. The molecule has 0 unspecified atom stereocenters. The summed E-state index contributed by atoms with van der Waals surface area (Å²) in [5.74, 6) is 0.820. The van der Waals surface area contributed by atoms with E-state index in [-0.39, 0.29) is 11.7 Å². The van der Waals surface area contributed by atoms with Crippen molar-refractivity contribution >= 4 is 5.91 Å². The zero-order valence-electron chi connectivity index (χ0n) is 19.0. The summed E-state index contributed by atoms with van der Waals surface area (Å²) in [6.45, 7) is 3.59. The number of rotatable bonds is 8. The third kappa shape index (κ3) is 5.38. The Morgan fingerprint density at radius 2 is 1.73 bits per heavy atom.